The van der Waals surface area contributed by atoms with Gasteiger partial charge in [-0.05, 0) is 18.2 Å². The number of benzene rings is 1. The van der Waals surface area contributed by atoms with Crippen LogP contribution in [0.4, 0.5) is 5.88 Å². The van der Waals surface area contributed by atoms with Gasteiger partial charge in [0.1, 0.15) is 15.7 Å². The zero-order valence-electron chi connectivity index (χ0n) is 10.4. The smallest absolute Gasteiger partial charge is 0.399 e. The number of nitro groups is 1. The van der Waals surface area contributed by atoms with Gasteiger partial charge in [-0.3, -0.25) is 15.5 Å². The van der Waals surface area contributed by atoms with Gasteiger partial charge in [-0.25, -0.2) is 0 Å². The van der Waals surface area contributed by atoms with Crippen LogP contribution in [0.5, 0.6) is 0 Å². The molecule has 1 aliphatic rings. The van der Waals surface area contributed by atoms with Crippen molar-refractivity contribution in [2.45, 2.75) is 0 Å². The summed E-state index contributed by atoms with van der Waals surface area (Å²) >= 11 is 7.32. The van der Waals surface area contributed by atoms with Crippen molar-refractivity contribution in [1.82, 2.24) is 5.43 Å². The molecule has 1 aliphatic heterocycles. The molecule has 0 aliphatic carbocycles. The van der Waals surface area contributed by atoms with Gasteiger partial charge in [0, 0.05) is 16.0 Å². The van der Waals surface area contributed by atoms with Gasteiger partial charge in [-0.1, -0.05) is 35.5 Å². The van der Waals surface area contributed by atoms with Gasteiger partial charge in [-0.2, -0.15) is 5.10 Å². The highest BCUT2D eigenvalue weighted by Gasteiger charge is 2.17. The SMILES string of the molecule is O=[N+]([O-])c1ccc(C2=CSC(c3cccc(Cl)c3)=NN2)o1. The molecule has 106 valence electrons. The van der Waals surface area contributed by atoms with Crippen LogP contribution in [0, 0.1) is 10.1 Å². The van der Waals surface area contributed by atoms with Crippen LogP contribution in [-0.2, 0) is 0 Å². The third-order valence-corrected chi connectivity index (χ3v) is 3.81. The van der Waals surface area contributed by atoms with E-state index in [4.69, 9.17) is 16.0 Å². The molecule has 0 spiro atoms. The van der Waals surface area contributed by atoms with Gasteiger partial charge in [0.25, 0.3) is 0 Å². The molecule has 2 aromatic rings. The van der Waals surface area contributed by atoms with E-state index in [1.165, 1.54) is 23.9 Å². The molecule has 0 radical (unpaired) electrons. The number of halogens is 1. The number of hydrazone groups is 1. The second kappa shape index (κ2) is 5.63. The maximum absolute atomic E-state index is 10.6. The quantitative estimate of drug-likeness (QED) is 0.686. The number of rotatable bonds is 3. The molecule has 1 aromatic heterocycles. The zero-order valence-corrected chi connectivity index (χ0v) is 12.0. The molecule has 21 heavy (non-hydrogen) atoms. The monoisotopic (exact) mass is 321 g/mol. The average Bonchev–Trinajstić information content (AvgIpc) is 2.97. The lowest BCUT2D eigenvalue weighted by atomic mass is 10.2. The van der Waals surface area contributed by atoms with E-state index in [2.05, 4.69) is 10.5 Å². The number of nitrogens with zero attached hydrogens (tertiary/aromatic N) is 2. The maximum Gasteiger partial charge on any atom is 0.433 e. The van der Waals surface area contributed by atoms with Gasteiger partial charge < -0.3 is 4.42 Å². The summed E-state index contributed by atoms with van der Waals surface area (Å²) in [5, 5.41) is 18.0. The van der Waals surface area contributed by atoms with Crippen LogP contribution in [0.25, 0.3) is 5.70 Å². The Hall–Kier alpha value is -2.25. The number of hydrogen-bond donors (Lipinski definition) is 1. The Morgan fingerprint density at radius 3 is 2.81 bits per heavy atom. The molecule has 0 amide bonds. The van der Waals surface area contributed by atoms with Crippen LogP contribution in [-0.4, -0.2) is 9.97 Å². The lowest BCUT2D eigenvalue weighted by molar-refractivity contribution is -0.402. The Balaban J connectivity index is 1.77. The summed E-state index contributed by atoms with van der Waals surface area (Å²) < 4.78 is 5.11. The fourth-order valence-electron chi connectivity index (χ4n) is 1.72. The van der Waals surface area contributed by atoms with Crippen LogP contribution in [0.15, 0.2) is 51.3 Å². The highest BCUT2D eigenvalue weighted by molar-refractivity contribution is 8.17. The van der Waals surface area contributed by atoms with Crippen LogP contribution < -0.4 is 5.43 Å². The summed E-state index contributed by atoms with van der Waals surface area (Å²) in [6, 6.07) is 10.2. The molecular formula is C13H8ClN3O3S. The minimum Gasteiger partial charge on any atom is -0.399 e. The molecular weight excluding hydrogens is 314 g/mol. The van der Waals surface area contributed by atoms with Crippen molar-refractivity contribution in [3.8, 4) is 0 Å². The summed E-state index contributed by atoms with van der Waals surface area (Å²) in [6.07, 6.45) is 0. The molecule has 0 unspecified atom stereocenters. The van der Waals surface area contributed by atoms with Crippen molar-refractivity contribution in [1.29, 1.82) is 0 Å². The fraction of sp³-hybridized carbons (Fsp3) is 0. The second-order valence-corrected chi connectivity index (χ2v) is 5.38. The first-order valence-corrected chi connectivity index (χ1v) is 7.10. The summed E-state index contributed by atoms with van der Waals surface area (Å²) in [4.78, 5) is 10.0. The predicted molar refractivity (Wildman–Crippen MR) is 82.1 cm³/mol. The van der Waals surface area contributed by atoms with Crippen molar-refractivity contribution in [2.24, 2.45) is 5.10 Å². The molecule has 2 heterocycles. The minimum atomic E-state index is -0.583. The zero-order chi connectivity index (χ0) is 14.8. The molecule has 3 rings (SSSR count). The lowest BCUT2D eigenvalue weighted by Gasteiger charge is -2.12. The molecule has 0 saturated carbocycles. The first-order valence-electron chi connectivity index (χ1n) is 5.84. The first-order chi connectivity index (χ1) is 10.1. The van der Waals surface area contributed by atoms with Gasteiger partial charge in [-0.15, -0.1) is 0 Å². The van der Waals surface area contributed by atoms with Crippen LogP contribution in [0.3, 0.4) is 0 Å². The summed E-state index contributed by atoms with van der Waals surface area (Å²) in [6.45, 7) is 0. The van der Waals surface area contributed by atoms with Crippen molar-refractivity contribution in [3.05, 3.63) is 68.3 Å². The fourth-order valence-corrected chi connectivity index (χ4v) is 2.67. The minimum absolute atomic E-state index is 0.303. The Kier molecular flexibility index (Phi) is 3.68. The molecule has 0 fully saturated rings. The van der Waals surface area contributed by atoms with Gasteiger partial charge in [0.2, 0.25) is 0 Å². The van der Waals surface area contributed by atoms with Crippen molar-refractivity contribution in [3.63, 3.8) is 0 Å². The Labute approximate surface area is 128 Å². The van der Waals surface area contributed by atoms with Crippen molar-refractivity contribution >= 4 is 40.0 Å². The normalized spacial score (nSPS) is 14.1. The molecule has 0 bridgehead atoms. The van der Waals surface area contributed by atoms with Crippen molar-refractivity contribution in [2.75, 3.05) is 0 Å². The first kappa shape index (κ1) is 13.7. The topological polar surface area (TPSA) is 80.7 Å². The Morgan fingerprint density at radius 2 is 2.19 bits per heavy atom. The molecule has 0 atom stereocenters. The molecule has 0 saturated heterocycles. The number of furan rings is 1. The number of hydrogen-bond acceptors (Lipinski definition) is 6. The standard InChI is InChI=1S/C13H8ClN3O3S/c14-9-3-1-2-8(6-9)13-16-15-10(7-21-13)11-4-5-12(20-11)17(18)19/h1-7,15H. The van der Waals surface area contributed by atoms with Crippen LogP contribution in [0.1, 0.15) is 11.3 Å². The Morgan fingerprint density at radius 1 is 1.33 bits per heavy atom. The second-order valence-electron chi connectivity index (χ2n) is 4.08. The van der Waals surface area contributed by atoms with Crippen LogP contribution >= 0.6 is 23.4 Å². The highest BCUT2D eigenvalue weighted by Crippen LogP contribution is 2.28. The molecule has 8 heteroatoms. The van der Waals surface area contributed by atoms with Gasteiger partial charge >= 0.3 is 5.88 Å². The van der Waals surface area contributed by atoms with E-state index in [9.17, 15) is 10.1 Å². The summed E-state index contributed by atoms with van der Waals surface area (Å²) in [5.74, 6) is 0.0606. The van der Waals surface area contributed by atoms with E-state index >= 15 is 0 Å². The largest absolute Gasteiger partial charge is 0.433 e. The third-order valence-electron chi connectivity index (χ3n) is 2.68. The van der Waals surface area contributed by atoms with Gasteiger partial charge in [0.15, 0.2) is 5.76 Å². The van der Waals surface area contributed by atoms with E-state index in [1.807, 2.05) is 18.2 Å². The number of nitrogens with one attached hydrogen (secondary N) is 1. The highest BCUT2D eigenvalue weighted by atomic mass is 35.5. The molecule has 1 aromatic carbocycles. The average molecular weight is 322 g/mol. The third kappa shape index (κ3) is 2.93. The van der Waals surface area contributed by atoms with E-state index in [0.29, 0.717) is 16.5 Å². The van der Waals surface area contributed by atoms with E-state index in [-0.39, 0.29) is 5.88 Å². The molecule has 6 nitrogen and oxygen atoms in total. The van der Waals surface area contributed by atoms with E-state index in [1.54, 1.807) is 11.5 Å². The maximum atomic E-state index is 10.6. The predicted octanol–water partition coefficient (Wildman–Crippen LogP) is 3.84. The molecule has 1 N–H and O–H groups in total. The lowest BCUT2D eigenvalue weighted by Crippen LogP contribution is -2.12. The van der Waals surface area contributed by atoms with Gasteiger partial charge in [0.05, 0.1) is 6.07 Å². The van der Waals surface area contributed by atoms with E-state index < -0.39 is 4.92 Å². The Bertz CT molecular complexity index is 770. The van der Waals surface area contributed by atoms with Crippen molar-refractivity contribution < 1.29 is 9.34 Å². The van der Waals surface area contributed by atoms with E-state index in [0.717, 1.165) is 10.6 Å². The van der Waals surface area contributed by atoms with Crippen LogP contribution in [0.2, 0.25) is 5.02 Å². The summed E-state index contributed by atoms with van der Waals surface area (Å²) in [7, 11) is 0. The summed E-state index contributed by atoms with van der Waals surface area (Å²) in [5.41, 5.74) is 4.28. The number of thioether (sulfide) groups is 1.